The van der Waals surface area contributed by atoms with Crippen LogP contribution < -0.4 is 5.32 Å². The van der Waals surface area contributed by atoms with Crippen molar-refractivity contribution in [2.75, 3.05) is 0 Å². The zero-order valence-corrected chi connectivity index (χ0v) is 9.60. The van der Waals surface area contributed by atoms with Gasteiger partial charge in [-0.3, -0.25) is 4.98 Å². The number of pyridine rings is 1. The molecule has 0 radical (unpaired) electrons. The van der Waals surface area contributed by atoms with E-state index in [0.717, 1.165) is 18.0 Å². The zero-order chi connectivity index (χ0) is 11.4. The van der Waals surface area contributed by atoms with Gasteiger partial charge < -0.3 is 9.73 Å². The van der Waals surface area contributed by atoms with E-state index in [9.17, 15) is 0 Å². The van der Waals surface area contributed by atoms with Crippen LogP contribution in [0.25, 0.3) is 0 Å². The molecule has 2 aromatic rings. The van der Waals surface area contributed by atoms with E-state index >= 15 is 0 Å². The van der Waals surface area contributed by atoms with Crippen molar-refractivity contribution >= 4 is 0 Å². The number of rotatable bonds is 4. The minimum atomic E-state index is 0.217. The number of aryl methyl sites for hydroxylation is 1. The number of hydrogen-bond acceptors (Lipinski definition) is 3. The van der Waals surface area contributed by atoms with Gasteiger partial charge in [-0.1, -0.05) is 6.07 Å². The largest absolute Gasteiger partial charge is 0.468 e. The fourth-order valence-corrected chi connectivity index (χ4v) is 1.61. The van der Waals surface area contributed by atoms with Crippen LogP contribution in [0.2, 0.25) is 0 Å². The Morgan fingerprint density at radius 2 is 2.25 bits per heavy atom. The lowest BCUT2D eigenvalue weighted by Gasteiger charge is -2.12. The van der Waals surface area contributed by atoms with Crippen molar-refractivity contribution in [1.29, 1.82) is 0 Å². The van der Waals surface area contributed by atoms with Crippen LogP contribution in [-0.2, 0) is 6.54 Å². The predicted octanol–water partition coefficient (Wildman–Crippen LogP) is 2.83. The molecule has 2 heterocycles. The van der Waals surface area contributed by atoms with Gasteiger partial charge in [0.2, 0.25) is 0 Å². The van der Waals surface area contributed by atoms with Gasteiger partial charge in [-0.15, -0.1) is 0 Å². The molecule has 1 atom stereocenters. The Bertz CT molecular complexity index is 437. The van der Waals surface area contributed by atoms with Gasteiger partial charge in [0.05, 0.1) is 12.3 Å². The average Bonchev–Trinajstić information content (AvgIpc) is 2.81. The molecule has 0 aliphatic carbocycles. The predicted molar refractivity (Wildman–Crippen MR) is 62.9 cm³/mol. The SMILES string of the molecule is Cc1ncccc1CNC(C)c1ccco1. The summed E-state index contributed by atoms with van der Waals surface area (Å²) in [5.41, 5.74) is 2.29. The number of hydrogen-bond donors (Lipinski definition) is 1. The van der Waals surface area contributed by atoms with Gasteiger partial charge in [0.1, 0.15) is 5.76 Å². The maximum atomic E-state index is 5.34. The molecule has 2 aromatic heterocycles. The summed E-state index contributed by atoms with van der Waals surface area (Å²) in [6, 6.07) is 8.15. The first-order chi connectivity index (χ1) is 7.77. The second-order valence-corrected chi connectivity index (χ2v) is 3.87. The number of aromatic nitrogens is 1. The third kappa shape index (κ3) is 2.49. The first kappa shape index (κ1) is 10.9. The Morgan fingerprint density at radius 3 is 2.94 bits per heavy atom. The van der Waals surface area contributed by atoms with E-state index in [-0.39, 0.29) is 6.04 Å². The summed E-state index contributed by atoms with van der Waals surface area (Å²) in [5, 5.41) is 3.41. The molecule has 0 aliphatic rings. The summed E-state index contributed by atoms with van der Waals surface area (Å²) in [6.45, 7) is 4.92. The highest BCUT2D eigenvalue weighted by Gasteiger charge is 2.07. The Morgan fingerprint density at radius 1 is 1.38 bits per heavy atom. The van der Waals surface area contributed by atoms with Crippen molar-refractivity contribution in [3.8, 4) is 0 Å². The molecule has 0 saturated heterocycles. The van der Waals surface area contributed by atoms with Crippen molar-refractivity contribution in [3.63, 3.8) is 0 Å². The molecule has 0 spiro atoms. The maximum absolute atomic E-state index is 5.34. The Labute approximate surface area is 95.5 Å². The summed E-state index contributed by atoms with van der Waals surface area (Å²) in [6.07, 6.45) is 3.51. The van der Waals surface area contributed by atoms with Gasteiger partial charge in [-0.25, -0.2) is 0 Å². The molecule has 84 valence electrons. The minimum absolute atomic E-state index is 0.217. The van der Waals surface area contributed by atoms with Crippen LogP contribution in [-0.4, -0.2) is 4.98 Å². The fourth-order valence-electron chi connectivity index (χ4n) is 1.61. The van der Waals surface area contributed by atoms with Gasteiger partial charge in [-0.05, 0) is 37.6 Å². The maximum Gasteiger partial charge on any atom is 0.120 e. The monoisotopic (exact) mass is 216 g/mol. The molecule has 2 rings (SSSR count). The molecule has 0 aliphatic heterocycles. The number of nitrogens with one attached hydrogen (secondary N) is 1. The molecular weight excluding hydrogens is 200 g/mol. The molecule has 0 aromatic carbocycles. The van der Waals surface area contributed by atoms with Crippen LogP contribution in [0.15, 0.2) is 41.1 Å². The van der Waals surface area contributed by atoms with E-state index in [0.29, 0.717) is 0 Å². The van der Waals surface area contributed by atoms with E-state index < -0.39 is 0 Å². The molecular formula is C13H16N2O. The summed E-state index contributed by atoms with van der Waals surface area (Å²) < 4.78 is 5.34. The quantitative estimate of drug-likeness (QED) is 0.854. The molecule has 0 amide bonds. The van der Waals surface area contributed by atoms with E-state index in [4.69, 9.17) is 4.42 Å². The topological polar surface area (TPSA) is 38.1 Å². The summed E-state index contributed by atoms with van der Waals surface area (Å²) in [7, 11) is 0. The van der Waals surface area contributed by atoms with Gasteiger partial charge in [0.15, 0.2) is 0 Å². The van der Waals surface area contributed by atoms with Crippen LogP contribution in [0.5, 0.6) is 0 Å². The Kier molecular flexibility index (Phi) is 3.37. The standard InChI is InChI=1S/C13H16N2O/c1-10-12(5-3-7-14-10)9-15-11(2)13-6-4-8-16-13/h3-8,11,15H,9H2,1-2H3. The van der Waals surface area contributed by atoms with Crippen molar-refractivity contribution < 1.29 is 4.42 Å². The van der Waals surface area contributed by atoms with Crippen LogP contribution in [0, 0.1) is 6.92 Å². The lowest BCUT2D eigenvalue weighted by Crippen LogP contribution is -2.18. The second-order valence-electron chi connectivity index (χ2n) is 3.87. The molecule has 16 heavy (non-hydrogen) atoms. The lowest BCUT2D eigenvalue weighted by atomic mass is 10.2. The van der Waals surface area contributed by atoms with E-state index in [1.54, 1.807) is 6.26 Å². The number of nitrogens with zero attached hydrogens (tertiary/aromatic N) is 1. The molecule has 3 nitrogen and oxygen atoms in total. The highest BCUT2D eigenvalue weighted by molar-refractivity contribution is 5.18. The summed E-state index contributed by atoms with van der Waals surface area (Å²) in [4.78, 5) is 4.26. The first-order valence-electron chi connectivity index (χ1n) is 5.44. The van der Waals surface area contributed by atoms with Crippen molar-refractivity contribution in [3.05, 3.63) is 53.7 Å². The smallest absolute Gasteiger partial charge is 0.120 e. The highest BCUT2D eigenvalue weighted by Crippen LogP contribution is 2.13. The minimum Gasteiger partial charge on any atom is -0.468 e. The molecule has 1 unspecified atom stereocenters. The normalized spacial score (nSPS) is 12.6. The first-order valence-corrected chi connectivity index (χ1v) is 5.44. The third-order valence-electron chi connectivity index (χ3n) is 2.69. The van der Waals surface area contributed by atoms with Gasteiger partial charge in [-0.2, -0.15) is 0 Å². The van der Waals surface area contributed by atoms with E-state index in [1.807, 2.05) is 31.3 Å². The number of furan rings is 1. The van der Waals surface area contributed by atoms with Gasteiger partial charge in [0, 0.05) is 18.4 Å². The van der Waals surface area contributed by atoms with Crippen molar-refractivity contribution in [1.82, 2.24) is 10.3 Å². The van der Waals surface area contributed by atoms with Crippen molar-refractivity contribution in [2.24, 2.45) is 0 Å². The second kappa shape index (κ2) is 4.94. The molecule has 0 fully saturated rings. The van der Waals surface area contributed by atoms with Crippen LogP contribution >= 0.6 is 0 Å². The van der Waals surface area contributed by atoms with Gasteiger partial charge in [0.25, 0.3) is 0 Å². The molecule has 3 heteroatoms. The van der Waals surface area contributed by atoms with Gasteiger partial charge >= 0.3 is 0 Å². The van der Waals surface area contributed by atoms with Crippen LogP contribution in [0.4, 0.5) is 0 Å². The third-order valence-corrected chi connectivity index (χ3v) is 2.69. The average molecular weight is 216 g/mol. The summed E-state index contributed by atoms with van der Waals surface area (Å²) in [5.74, 6) is 0.960. The Hall–Kier alpha value is -1.61. The fraction of sp³-hybridized carbons (Fsp3) is 0.308. The van der Waals surface area contributed by atoms with Crippen molar-refractivity contribution in [2.45, 2.75) is 26.4 Å². The molecule has 0 saturated carbocycles. The lowest BCUT2D eigenvalue weighted by molar-refractivity contribution is 0.430. The summed E-state index contributed by atoms with van der Waals surface area (Å²) >= 11 is 0. The van der Waals surface area contributed by atoms with Crippen LogP contribution in [0.3, 0.4) is 0 Å². The highest BCUT2D eigenvalue weighted by atomic mass is 16.3. The van der Waals surface area contributed by atoms with E-state index in [2.05, 4.69) is 23.3 Å². The molecule has 1 N–H and O–H groups in total. The van der Waals surface area contributed by atoms with Crippen LogP contribution in [0.1, 0.15) is 30.0 Å². The molecule has 0 bridgehead atoms. The van der Waals surface area contributed by atoms with E-state index in [1.165, 1.54) is 5.56 Å². The zero-order valence-electron chi connectivity index (χ0n) is 9.60. The Balaban J connectivity index is 1.95.